The molecule has 0 fully saturated rings. The zero-order valence-corrected chi connectivity index (χ0v) is 20.2. The first-order valence-corrected chi connectivity index (χ1v) is 11.8. The molecule has 0 spiro atoms. The molecule has 3 rings (SSSR count). The molecule has 0 amide bonds. The van der Waals surface area contributed by atoms with E-state index in [0.717, 1.165) is 15.7 Å². The van der Waals surface area contributed by atoms with Gasteiger partial charge in [0.1, 0.15) is 4.90 Å². The number of rotatable bonds is 5. The van der Waals surface area contributed by atoms with Crippen LogP contribution in [0.5, 0.6) is 5.75 Å². The van der Waals surface area contributed by atoms with Crippen LogP contribution in [-0.2, 0) is 10.1 Å². The second kappa shape index (κ2) is 9.00. The van der Waals surface area contributed by atoms with Crippen LogP contribution in [0.3, 0.4) is 0 Å². The summed E-state index contributed by atoms with van der Waals surface area (Å²) in [5.74, 6) is 0.149. The molecule has 0 aliphatic heterocycles. The summed E-state index contributed by atoms with van der Waals surface area (Å²) >= 11 is 12.6. The van der Waals surface area contributed by atoms with Crippen molar-refractivity contribution >= 4 is 65.5 Å². The van der Waals surface area contributed by atoms with Crippen molar-refractivity contribution in [3.8, 4) is 5.75 Å². The molecule has 0 unspecified atom stereocenters. The number of aliphatic imine (C=N–C) groups is 1. The Hall–Kier alpha value is -1.67. The molecule has 0 atom stereocenters. The number of nitrogens with zero attached hydrogens (tertiary/aromatic N) is 1. The first-order valence-electron chi connectivity index (χ1n) is 8.46. The van der Waals surface area contributed by atoms with Crippen LogP contribution in [0.2, 0.25) is 5.02 Å². The summed E-state index contributed by atoms with van der Waals surface area (Å²) in [4.78, 5) is 4.48. The van der Waals surface area contributed by atoms with Crippen molar-refractivity contribution in [1.82, 2.24) is 0 Å². The lowest BCUT2D eigenvalue weighted by Crippen LogP contribution is -2.11. The standard InChI is InChI=1S/C21H16Br2ClNO3S/c1-13-3-6-18(9-14(13)2)25-12-15-10-16(22)11-20(23)21(15)28-29(26,27)19-7-4-17(24)5-8-19/h3-12H,1-2H3. The molecule has 0 saturated carbocycles. The quantitative estimate of drug-likeness (QED) is 0.251. The van der Waals surface area contributed by atoms with Crippen LogP contribution in [0.4, 0.5) is 5.69 Å². The van der Waals surface area contributed by atoms with Gasteiger partial charge in [-0.15, -0.1) is 0 Å². The van der Waals surface area contributed by atoms with Crippen LogP contribution < -0.4 is 4.18 Å². The van der Waals surface area contributed by atoms with E-state index in [0.29, 0.717) is 15.1 Å². The van der Waals surface area contributed by atoms with Gasteiger partial charge in [-0.2, -0.15) is 8.42 Å². The van der Waals surface area contributed by atoms with Gasteiger partial charge in [-0.05, 0) is 89.4 Å². The van der Waals surface area contributed by atoms with Crippen molar-refractivity contribution in [1.29, 1.82) is 0 Å². The normalized spacial score (nSPS) is 11.8. The van der Waals surface area contributed by atoms with Gasteiger partial charge < -0.3 is 4.18 Å². The second-order valence-electron chi connectivity index (χ2n) is 6.32. The smallest absolute Gasteiger partial charge is 0.339 e. The minimum Gasteiger partial charge on any atom is -0.377 e. The predicted molar refractivity (Wildman–Crippen MR) is 124 cm³/mol. The highest BCUT2D eigenvalue weighted by molar-refractivity contribution is 9.11. The van der Waals surface area contributed by atoms with Crippen LogP contribution in [0.1, 0.15) is 16.7 Å². The summed E-state index contributed by atoms with van der Waals surface area (Å²) in [6.07, 6.45) is 1.58. The zero-order valence-electron chi connectivity index (χ0n) is 15.5. The van der Waals surface area contributed by atoms with Crippen LogP contribution in [0.25, 0.3) is 0 Å². The molecule has 150 valence electrons. The lowest BCUT2D eigenvalue weighted by molar-refractivity contribution is 0.484. The van der Waals surface area contributed by atoms with Crippen LogP contribution in [-0.4, -0.2) is 14.6 Å². The summed E-state index contributed by atoms with van der Waals surface area (Å²) < 4.78 is 32.1. The van der Waals surface area contributed by atoms with E-state index in [4.69, 9.17) is 15.8 Å². The Bertz CT molecular complexity index is 1190. The molecule has 3 aromatic carbocycles. The van der Waals surface area contributed by atoms with E-state index in [-0.39, 0.29) is 10.6 Å². The molecule has 0 heterocycles. The maximum absolute atomic E-state index is 12.7. The molecule has 0 bridgehead atoms. The van der Waals surface area contributed by atoms with Crippen molar-refractivity contribution in [2.45, 2.75) is 18.7 Å². The van der Waals surface area contributed by atoms with E-state index >= 15 is 0 Å². The number of hydrogen-bond donors (Lipinski definition) is 0. The van der Waals surface area contributed by atoms with Gasteiger partial charge in [0.05, 0.1) is 10.2 Å². The molecule has 0 radical (unpaired) electrons. The molecule has 0 aliphatic carbocycles. The van der Waals surface area contributed by atoms with Gasteiger partial charge in [-0.3, -0.25) is 4.99 Å². The van der Waals surface area contributed by atoms with Gasteiger partial charge >= 0.3 is 10.1 Å². The highest BCUT2D eigenvalue weighted by Gasteiger charge is 2.21. The zero-order chi connectivity index (χ0) is 21.2. The molecule has 4 nitrogen and oxygen atoms in total. The minimum atomic E-state index is -4.05. The van der Waals surface area contributed by atoms with Crippen molar-refractivity contribution in [2.75, 3.05) is 0 Å². The third kappa shape index (κ3) is 5.48. The summed E-state index contributed by atoms with van der Waals surface area (Å²) in [5.41, 5.74) is 3.56. The molecule has 8 heteroatoms. The Morgan fingerprint density at radius 3 is 2.31 bits per heavy atom. The third-order valence-corrected chi connectivity index (χ3v) is 6.71. The molecule has 0 aliphatic rings. The van der Waals surface area contributed by atoms with Crippen molar-refractivity contribution < 1.29 is 12.6 Å². The summed E-state index contributed by atoms with van der Waals surface area (Å²) in [6, 6.07) is 15.1. The number of aryl methyl sites for hydroxylation is 2. The summed E-state index contributed by atoms with van der Waals surface area (Å²) in [7, 11) is -4.05. The maximum Gasteiger partial charge on any atom is 0.339 e. The number of hydrogen-bond acceptors (Lipinski definition) is 4. The Morgan fingerprint density at radius 2 is 1.66 bits per heavy atom. The maximum atomic E-state index is 12.7. The molecule has 0 N–H and O–H groups in total. The fourth-order valence-electron chi connectivity index (χ4n) is 2.47. The van der Waals surface area contributed by atoms with Gasteiger partial charge in [0, 0.05) is 21.3 Å². The minimum absolute atomic E-state index is 0.00812. The van der Waals surface area contributed by atoms with E-state index < -0.39 is 10.1 Å². The average Bonchev–Trinajstić information content (AvgIpc) is 2.65. The first kappa shape index (κ1) is 22.0. The largest absolute Gasteiger partial charge is 0.377 e. The first-order chi connectivity index (χ1) is 13.7. The van der Waals surface area contributed by atoms with Crippen LogP contribution >= 0.6 is 43.5 Å². The van der Waals surface area contributed by atoms with Crippen molar-refractivity contribution in [2.24, 2.45) is 4.99 Å². The second-order valence-corrected chi connectivity index (χ2v) is 10.1. The number of halogens is 3. The van der Waals surface area contributed by atoms with Gasteiger partial charge in [0.15, 0.2) is 5.75 Å². The lowest BCUT2D eigenvalue weighted by Gasteiger charge is -2.12. The van der Waals surface area contributed by atoms with Gasteiger partial charge in [0.2, 0.25) is 0 Å². The van der Waals surface area contributed by atoms with Gasteiger partial charge in [0.25, 0.3) is 0 Å². The fourth-order valence-corrected chi connectivity index (χ4v) is 5.02. The number of benzene rings is 3. The highest BCUT2D eigenvalue weighted by Crippen LogP contribution is 2.34. The summed E-state index contributed by atoms with van der Waals surface area (Å²) in [6.45, 7) is 4.04. The lowest BCUT2D eigenvalue weighted by atomic mass is 10.1. The average molecular weight is 558 g/mol. The van der Waals surface area contributed by atoms with Crippen molar-refractivity contribution in [3.63, 3.8) is 0 Å². The Morgan fingerprint density at radius 1 is 0.966 bits per heavy atom. The third-order valence-electron chi connectivity index (χ3n) is 4.18. The van der Waals surface area contributed by atoms with Crippen LogP contribution in [0.15, 0.2) is 73.4 Å². The van der Waals surface area contributed by atoms with Gasteiger partial charge in [-0.1, -0.05) is 33.6 Å². The van der Waals surface area contributed by atoms with E-state index in [1.807, 2.05) is 32.0 Å². The monoisotopic (exact) mass is 555 g/mol. The topological polar surface area (TPSA) is 55.7 Å². The van der Waals surface area contributed by atoms with E-state index in [1.54, 1.807) is 18.3 Å². The highest BCUT2D eigenvalue weighted by atomic mass is 79.9. The Balaban J connectivity index is 1.99. The Labute approximate surface area is 192 Å². The van der Waals surface area contributed by atoms with E-state index in [9.17, 15) is 8.42 Å². The molecule has 3 aromatic rings. The van der Waals surface area contributed by atoms with Gasteiger partial charge in [-0.25, -0.2) is 0 Å². The molecule has 29 heavy (non-hydrogen) atoms. The molecule has 0 saturated heterocycles. The van der Waals surface area contributed by atoms with Crippen molar-refractivity contribution in [3.05, 3.63) is 85.3 Å². The van der Waals surface area contributed by atoms with E-state index in [2.05, 4.69) is 36.9 Å². The SMILES string of the molecule is Cc1ccc(N=Cc2cc(Br)cc(Br)c2OS(=O)(=O)c2ccc(Cl)cc2)cc1C. The Kier molecular flexibility index (Phi) is 6.83. The van der Waals surface area contributed by atoms with E-state index in [1.165, 1.54) is 29.8 Å². The van der Waals surface area contributed by atoms with Crippen LogP contribution in [0, 0.1) is 13.8 Å². The fraction of sp³-hybridized carbons (Fsp3) is 0.0952. The molecular formula is C21H16Br2ClNO3S. The molecular weight excluding hydrogens is 542 g/mol. The predicted octanol–water partition coefficient (Wildman–Crippen LogP) is 7.00. The summed E-state index contributed by atoms with van der Waals surface area (Å²) in [5, 5.41) is 0.440. The molecule has 0 aromatic heterocycles.